The third kappa shape index (κ3) is 2.70. The molecule has 1 aromatic rings. The Morgan fingerprint density at radius 3 is 2.89 bits per heavy atom. The van der Waals surface area contributed by atoms with E-state index < -0.39 is 16.4 Å². The lowest BCUT2D eigenvalue weighted by Gasteiger charge is -2.33. The summed E-state index contributed by atoms with van der Waals surface area (Å²) < 4.78 is 18.7. The summed E-state index contributed by atoms with van der Waals surface area (Å²) in [4.78, 5) is 23.4. The Morgan fingerprint density at radius 1 is 1.58 bits per heavy atom. The van der Waals surface area contributed by atoms with Crippen molar-refractivity contribution in [3.8, 4) is 0 Å². The number of halogens is 1. The number of hydrogen-bond acceptors (Lipinski definition) is 4. The number of nitro benzene ring substituents is 1. The molecular formula is C12H13FN2O4. The minimum absolute atomic E-state index is 0.0977. The molecule has 0 spiro atoms. The third-order valence-electron chi connectivity index (χ3n) is 3.02. The first-order chi connectivity index (χ1) is 9.00. The first kappa shape index (κ1) is 13.4. The van der Waals surface area contributed by atoms with E-state index in [2.05, 4.69) is 0 Å². The molecule has 102 valence electrons. The van der Waals surface area contributed by atoms with Crippen molar-refractivity contribution in [2.45, 2.75) is 13.0 Å². The highest BCUT2D eigenvalue weighted by Crippen LogP contribution is 2.20. The molecule has 2 rings (SSSR count). The van der Waals surface area contributed by atoms with Crippen molar-refractivity contribution in [3.05, 3.63) is 39.7 Å². The number of nitro groups is 1. The van der Waals surface area contributed by atoms with Crippen LogP contribution in [0, 0.1) is 15.9 Å². The second kappa shape index (κ2) is 5.31. The predicted molar refractivity (Wildman–Crippen MR) is 64.4 cm³/mol. The molecule has 1 aliphatic rings. The van der Waals surface area contributed by atoms with Gasteiger partial charge in [0.25, 0.3) is 5.91 Å². The molecular weight excluding hydrogens is 255 g/mol. The van der Waals surface area contributed by atoms with Crippen molar-refractivity contribution in [2.75, 3.05) is 19.8 Å². The summed E-state index contributed by atoms with van der Waals surface area (Å²) in [7, 11) is 0. The van der Waals surface area contributed by atoms with Crippen LogP contribution in [0.2, 0.25) is 0 Å². The van der Waals surface area contributed by atoms with Crippen LogP contribution in [0.15, 0.2) is 18.2 Å². The van der Waals surface area contributed by atoms with Gasteiger partial charge in [0.05, 0.1) is 24.2 Å². The van der Waals surface area contributed by atoms with Gasteiger partial charge in [0.2, 0.25) is 5.82 Å². The van der Waals surface area contributed by atoms with Gasteiger partial charge in [0, 0.05) is 18.2 Å². The minimum atomic E-state index is -1.00. The second-order valence-electron chi connectivity index (χ2n) is 4.35. The maximum absolute atomic E-state index is 13.5. The zero-order valence-corrected chi connectivity index (χ0v) is 10.3. The highest BCUT2D eigenvalue weighted by Gasteiger charge is 2.26. The van der Waals surface area contributed by atoms with Crippen LogP contribution < -0.4 is 0 Å². The van der Waals surface area contributed by atoms with Gasteiger partial charge in [-0.1, -0.05) is 0 Å². The van der Waals surface area contributed by atoms with E-state index in [1.165, 1.54) is 6.07 Å². The van der Waals surface area contributed by atoms with E-state index in [0.29, 0.717) is 19.8 Å². The SMILES string of the molecule is CC1COCCN1C(=O)c1ccc([N+](=O)[O-])c(F)c1. The topological polar surface area (TPSA) is 72.7 Å². The molecule has 1 heterocycles. The van der Waals surface area contributed by atoms with Crippen LogP contribution in [0.1, 0.15) is 17.3 Å². The minimum Gasteiger partial charge on any atom is -0.377 e. The van der Waals surface area contributed by atoms with E-state index in [1.807, 2.05) is 6.92 Å². The Kier molecular flexibility index (Phi) is 3.75. The zero-order valence-electron chi connectivity index (χ0n) is 10.3. The van der Waals surface area contributed by atoms with E-state index in [0.717, 1.165) is 12.1 Å². The number of carbonyl (C=O) groups is 1. The monoisotopic (exact) mass is 268 g/mol. The average molecular weight is 268 g/mol. The summed E-state index contributed by atoms with van der Waals surface area (Å²) in [5, 5.41) is 10.5. The van der Waals surface area contributed by atoms with E-state index in [4.69, 9.17) is 4.74 Å². The average Bonchev–Trinajstić information content (AvgIpc) is 2.38. The molecule has 0 N–H and O–H groups in total. The maximum atomic E-state index is 13.5. The van der Waals surface area contributed by atoms with Crippen LogP contribution in [0.25, 0.3) is 0 Å². The van der Waals surface area contributed by atoms with Crippen LogP contribution in [0.5, 0.6) is 0 Å². The van der Waals surface area contributed by atoms with Crippen molar-refractivity contribution in [2.24, 2.45) is 0 Å². The molecule has 0 bridgehead atoms. The molecule has 6 nitrogen and oxygen atoms in total. The summed E-state index contributed by atoms with van der Waals surface area (Å²) in [5.41, 5.74) is -0.525. The highest BCUT2D eigenvalue weighted by atomic mass is 19.1. The van der Waals surface area contributed by atoms with Crippen LogP contribution in [-0.4, -0.2) is 41.5 Å². The number of amides is 1. The van der Waals surface area contributed by atoms with Gasteiger partial charge in [-0.15, -0.1) is 0 Å². The van der Waals surface area contributed by atoms with Gasteiger partial charge in [-0.25, -0.2) is 0 Å². The van der Waals surface area contributed by atoms with Gasteiger partial charge in [-0.2, -0.15) is 4.39 Å². The Bertz CT molecular complexity index is 520. The molecule has 1 atom stereocenters. The number of morpholine rings is 1. The number of rotatable bonds is 2. The van der Waals surface area contributed by atoms with Crippen LogP contribution >= 0.6 is 0 Å². The fourth-order valence-corrected chi connectivity index (χ4v) is 1.98. The first-order valence-corrected chi connectivity index (χ1v) is 5.83. The Labute approximate surface area is 108 Å². The smallest absolute Gasteiger partial charge is 0.304 e. The lowest BCUT2D eigenvalue weighted by Crippen LogP contribution is -2.47. The summed E-state index contributed by atoms with van der Waals surface area (Å²) in [6, 6.07) is 3.08. The number of hydrogen-bond donors (Lipinski definition) is 0. The molecule has 0 radical (unpaired) electrons. The summed E-state index contributed by atoms with van der Waals surface area (Å²) in [5.74, 6) is -1.35. The van der Waals surface area contributed by atoms with Gasteiger partial charge >= 0.3 is 5.69 Å². The standard InChI is InChI=1S/C12H13FN2O4/c1-8-7-19-5-4-14(8)12(16)9-2-3-11(15(17)18)10(13)6-9/h2-3,6,8H,4-5,7H2,1H3. The van der Waals surface area contributed by atoms with E-state index in [1.54, 1.807) is 4.90 Å². The second-order valence-corrected chi connectivity index (χ2v) is 4.35. The molecule has 19 heavy (non-hydrogen) atoms. The van der Waals surface area contributed by atoms with Gasteiger partial charge < -0.3 is 9.64 Å². The normalized spacial score (nSPS) is 19.3. The van der Waals surface area contributed by atoms with Crippen LogP contribution in [0.3, 0.4) is 0 Å². The number of nitrogens with zero attached hydrogens (tertiary/aromatic N) is 2. The number of carbonyl (C=O) groups excluding carboxylic acids is 1. The fourth-order valence-electron chi connectivity index (χ4n) is 1.98. The van der Waals surface area contributed by atoms with Gasteiger partial charge in [-0.05, 0) is 19.1 Å². The molecule has 1 fully saturated rings. The van der Waals surface area contributed by atoms with Gasteiger partial charge in [0.1, 0.15) is 0 Å². The predicted octanol–water partition coefficient (Wildman–Crippen LogP) is 1.59. The van der Waals surface area contributed by atoms with E-state index >= 15 is 0 Å². The highest BCUT2D eigenvalue weighted by molar-refractivity contribution is 5.94. The first-order valence-electron chi connectivity index (χ1n) is 5.83. The Hall–Kier alpha value is -2.02. The summed E-state index contributed by atoms with van der Waals surface area (Å²) >= 11 is 0. The molecule has 0 aromatic heterocycles. The van der Waals surface area contributed by atoms with Gasteiger partial charge in [0.15, 0.2) is 0 Å². The molecule has 1 aromatic carbocycles. The van der Waals surface area contributed by atoms with Crippen LogP contribution in [-0.2, 0) is 4.74 Å². The quantitative estimate of drug-likeness (QED) is 0.603. The number of benzene rings is 1. The molecule has 0 aliphatic carbocycles. The molecule has 1 saturated heterocycles. The summed E-state index contributed by atoms with van der Waals surface area (Å²) in [6.07, 6.45) is 0. The zero-order chi connectivity index (χ0) is 14.0. The van der Waals surface area contributed by atoms with Crippen molar-refractivity contribution in [3.63, 3.8) is 0 Å². The molecule has 1 aliphatic heterocycles. The van der Waals surface area contributed by atoms with Crippen molar-refractivity contribution < 1.29 is 18.8 Å². The fraction of sp³-hybridized carbons (Fsp3) is 0.417. The number of ether oxygens (including phenoxy) is 1. The van der Waals surface area contributed by atoms with E-state index in [-0.39, 0.29) is 17.5 Å². The Morgan fingerprint density at radius 2 is 2.32 bits per heavy atom. The third-order valence-corrected chi connectivity index (χ3v) is 3.02. The van der Waals surface area contributed by atoms with E-state index in [9.17, 15) is 19.3 Å². The van der Waals surface area contributed by atoms with Crippen molar-refractivity contribution in [1.29, 1.82) is 0 Å². The maximum Gasteiger partial charge on any atom is 0.304 e. The molecule has 1 amide bonds. The largest absolute Gasteiger partial charge is 0.377 e. The molecule has 1 unspecified atom stereocenters. The Balaban J connectivity index is 2.24. The lowest BCUT2D eigenvalue weighted by atomic mass is 10.1. The lowest BCUT2D eigenvalue weighted by molar-refractivity contribution is -0.387. The van der Waals surface area contributed by atoms with Crippen molar-refractivity contribution in [1.82, 2.24) is 4.90 Å². The van der Waals surface area contributed by atoms with Crippen molar-refractivity contribution >= 4 is 11.6 Å². The molecule has 0 saturated carbocycles. The summed E-state index contributed by atoms with van der Waals surface area (Å²) in [6.45, 7) is 3.13. The van der Waals surface area contributed by atoms with Gasteiger partial charge in [-0.3, -0.25) is 14.9 Å². The molecule has 7 heteroatoms. The van der Waals surface area contributed by atoms with Crippen LogP contribution in [0.4, 0.5) is 10.1 Å².